The zero-order valence-electron chi connectivity index (χ0n) is 10.4. The Balaban J connectivity index is 2.28. The number of alkyl halides is 1. The highest BCUT2D eigenvalue weighted by atomic mass is 35.5. The molecule has 0 N–H and O–H groups in total. The summed E-state index contributed by atoms with van der Waals surface area (Å²) < 4.78 is 15.1. The topological polar surface area (TPSA) is 17.8 Å². The van der Waals surface area contributed by atoms with Crippen molar-refractivity contribution in [1.82, 2.24) is 9.78 Å². The molecule has 1 heterocycles. The van der Waals surface area contributed by atoms with Crippen LogP contribution in [0.15, 0.2) is 42.5 Å². The molecule has 2 nitrogen and oxygen atoms in total. The Labute approximate surface area is 115 Å². The van der Waals surface area contributed by atoms with Crippen molar-refractivity contribution < 1.29 is 4.39 Å². The molecule has 0 spiro atoms. The van der Waals surface area contributed by atoms with Crippen LogP contribution in [-0.4, -0.2) is 9.78 Å². The minimum absolute atomic E-state index is 0.259. The standard InChI is InChI=1S/C15H12ClFN2/c1-19-14-6-5-10(9-16)7-13(14)15(18-19)11-3-2-4-12(17)8-11/h2-8H,9H2,1H3. The molecule has 2 aromatic carbocycles. The van der Waals surface area contributed by atoms with Crippen molar-refractivity contribution in [2.45, 2.75) is 5.88 Å². The molecular formula is C15H12ClFN2. The molecule has 0 saturated heterocycles. The molecule has 0 fully saturated rings. The normalized spacial score (nSPS) is 11.1. The van der Waals surface area contributed by atoms with E-state index in [1.807, 2.05) is 31.3 Å². The number of benzene rings is 2. The van der Waals surface area contributed by atoms with Gasteiger partial charge in [0.15, 0.2) is 0 Å². The van der Waals surface area contributed by atoms with Gasteiger partial charge in [-0.25, -0.2) is 4.39 Å². The van der Waals surface area contributed by atoms with Crippen LogP contribution >= 0.6 is 11.6 Å². The summed E-state index contributed by atoms with van der Waals surface area (Å²) in [6.45, 7) is 0. The first kappa shape index (κ1) is 12.2. The van der Waals surface area contributed by atoms with E-state index in [0.717, 1.165) is 27.7 Å². The van der Waals surface area contributed by atoms with Gasteiger partial charge in [0.2, 0.25) is 0 Å². The van der Waals surface area contributed by atoms with Crippen LogP contribution in [0.1, 0.15) is 5.56 Å². The van der Waals surface area contributed by atoms with Gasteiger partial charge < -0.3 is 0 Å². The lowest BCUT2D eigenvalue weighted by Crippen LogP contribution is -1.89. The highest BCUT2D eigenvalue weighted by Gasteiger charge is 2.11. The Kier molecular flexibility index (Phi) is 2.99. The van der Waals surface area contributed by atoms with E-state index in [9.17, 15) is 4.39 Å². The summed E-state index contributed by atoms with van der Waals surface area (Å²) in [6, 6.07) is 12.5. The molecule has 0 amide bonds. The van der Waals surface area contributed by atoms with Crippen LogP contribution in [0.2, 0.25) is 0 Å². The fraction of sp³-hybridized carbons (Fsp3) is 0.133. The predicted molar refractivity (Wildman–Crippen MR) is 75.7 cm³/mol. The Bertz CT molecular complexity index is 749. The van der Waals surface area contributed by atoms with Crippen molar-refractivity contribution in [3.8, 4) is 11.3 Å². The molecule has 3 rings (SSSR count). The second-order valence-corrected chi connectivity index (χ2v) is 4.73. The Morgan fingerprint density at radius 3 is 2.79 bits per heavy atom. The second kappa shape index (κ2) is 4.67. The van der Waals surface area contributed by atoms with Crippen LogP contribution in [0.3, 0.4) is 0 Å². The Morgan fingerprint density at radius 1 is 1.21 bits per heavy atom. The summed E-state index contributed by atoms with van der Waals surface area (Å²) in [5.74, 6) is 0.192. The van der Waals surface area contributed by atoms with Gasteiger partial charge in [0.1, 0.15) is 11.5 Å². The lowest BCUT2D eigenvalue weighted by molar-refractivity contribution is 0.628. The van der Waals surface area contributed by atoms with Crippen molar-refractivity contribution in [1.29, 1.82) is 0 Å². The van der Waals surface area contributed by atoms with Crippen molar-refractivity contribution in [3.63, 3.8) is 0 Å². The third-order valence-corrected chi connectivity index (χ3v) is 3.48. The van der Waals surface area contributed by atoms with E-state index in [0.29, 0.717) is 5.88 Å². The van der Waals surface area contributed by atoms with E-state index in [1.165, 1.54) is 12.1 Å². The molecule has 0 bridgehead atoms. The van der Waals surface area contributed by atoms with Crippen molar-refractivity contribution in [2.24, 2.45) is 7.05 Å². The van der Waals surface area contributed by atoms with E-state index >= 15 is 0 Å². The van der Waals surface area contributed by atoms with Gasteiger partial charge in [-0.3, -0.25) is 4.68 Å². The first-order valence-electron chi connectivity index (χ1n) is 5.96. The maximum absolute atomic E-state index is 13.3. The van der Waals surface area contributed by atoms with Crippen LogP contribution in [0, 0.1) is 5.82 Å². The zero-order chi connectivity index (χ0) is 13.4. The van der Waals surface area contributed by atoms with Crippen molar-refractivity contribution >= 4 is 22.5 Å². The number of halogens is 2. The van der Waals surface area contributed by atoms with Gasteiger partial charge in [0.25, 0.3) is 0 Å². The number of rotatable bonds is 2. The van der Waals surface area contributed by atoms with E-state index in [2.05, 4.69) is 5.10 Å². The number of hydrogen-bond donors (Lipinski definition) is 0. The summed E-state index contributed by atoms with van der Waals surface area (Å²) in [7, 11) is 1.88. The van der Waals surface area contributed by atoms with E-state index in [1.54, 1.807) is 10.7 Å². The molecule has 0 aliphatic heterocycles. The average molecular weight is 275 g/mol. The van der Waals surface area contributed by atoms with Gasteiger partial charge in [-0.2, -0.15) is 5.10 Å². The lowest BCUT2D eigenvalue weighted by atomic mass is 10.1. The third-order valence-electron chi connectivity index (χ3n) is 3.17. The molecule has 3 aromatic rings. The first-order valence-corrected chi connectivity index (χ1v) is 6.50. The lowest BCUT2D eigenvalue weighted by Gasteiger charge is -1.99. The maximum atomic E-state index is 13.3. The van der Waals surface area contributed by atoms with E-state index < -0.39 is 0 Å². The Morgan fingerprint density at radius 2 is 2.05 bits per heavy atom. The Hall–Kier alpha value is -1.87. The van der Waals surface area contributed by atoms with Crippen LogP contribution < -0.4 is 0 Å². The monoisotopic (exact) mass is 274 g/mol. The first-order chi connectivity index (χ1) is 9.19. The average Bonchev–Trinajstić information content (AvgIpc) is 2.75. The number of hydrogen-bond acceptors (Lipinski definition) is 1. The van der Waals surface area contributed by atoms with E-state index in [4.69, 9.17) is 11.6 Å². The van der Waals surface area contributed by atoms with Gasteiger partial charge in [0.05, 0.1) is 5.52 Å². The quantitative estimate of drug-likeness (QED) is 0.643. The summed E-state index contributed by atoms with van der Waals surface area (Å²) in [4.78, 5) is 0. The molecular weight excluding hydrogens is 263 g/mol. The highest BCUT2D eigenvalue weighted by Crippen LogP contribution is 2.29. The summed E-state index contributed by atoms with van der Waals surface area (Å²) in [5, 5.41) is 5.48. The molecule has 19 heavy (non-hydrogen) atoms. The molecule has 0 unspecified atom stereocenters. The molecule has 0 aliphatic carbocycles. The van der Waals surface area contributed by atoms with Crippen LogP contribution in [0.25, 0.3) is 22.2 Å². The zero-order valence-corrected chi connectivity index (χ0v) is 11.2. The van der Waals surface area contributed by atoms with E-state index in [-0.39, 0.29) is 5.82 Å². The van der Waals surface area contributed by atoms with Crippen LogP contribution in [0.5, 0.6) is 0 Å². The minimum atomic E-state index is -0.259. The third kappa shape index (κ3) is 2.10. The maximum Gasteiger partial charge on any atom is 0.123 e. The van der Waals surface area contributed by atoms with Gasteiger partial charge in [-0.1, -0.05) is 18.2 Å². The molecule has 1 aromatic heterocycles. The summed E-state index contributed by atoms with van der Waals surface area (Å²) in [6.07, 6.45) is 0. The smallest absolute Gasteiger partial charge is 0.123 e. The van der Waals surface area contributed by atoms with Crippen LogP contribution in [0.4, 0.5) is 4.39 Å². The molecule has 4 heteroatoms. The molecule has 0 radical (unpaired) electrons. The second-order valence-electron chi connectivity index (χ2n) is 4.47. The summed E-state index contributed by atoms with van der Waals surface area (Å²) in [5.41, 5.74) is 3.59. The van der Waals surface area contributed by atoms with Gasteiger partial charge >= 0.3 is 0 Å². The molecule has 0 aliphatic rings. The SMILES string of the molecule is Cn1nc(-c2cccc(F)c2)c2cc(CCl)ccc21. The van der Waals surface area contributed by atoms with Gasteiger partial charge in [-0.05, 0) is 29.8 Å². The summed E-state index contributed by atoms with van der Waals surface area (Å²) >= 11 is 5.87. The fourth-order valence-electron chi connectivity index (χ4n) is 2.24. The van der Waals surface area contributed by atoms with Crippen molar-refractivity contribution in [2.75, 3.05) is 0 Å². The number of aryl methyl sites for hydroxylation is 1. The van der Waals surface area contributed by atoms with Crippen molar-refractivity contribution in [3.05, 3.63) is 53.8 Å². The molecule has 96 valence electrons. The number of aromatic nitrogens is 2. The minimum Gasteiger partial charge on any atom is -0.267 e. The largest absolute Gasteiger partial charge is 0.267 e. The fourth-order valence-corrected chi connectivity index (χ4v) is 2.41. The predicted octanol–water partition coefficient (Wildman–Crippen LogP) is 4.12. The van der Waals surface area contributed by atoms with Gasteiger partial charge in [0, 0.05) is 23.9 Å². The van der Waals surface area contributed by atoms with Crippen LogP contribution in [-0.2, 0) is 12.9 Å². The van der Waals surface area contributed by atoms with Gasteiger partial charge in [-0.15, -0.1) is 11.6 Å². The molecule has 0 atom stereocenters. The number of fused-ring (bicyclic) bond motifs is 1. The molecule has 0 saturated carbocycles. The highest BCUT2D eigenvalue weighted by molar-refractivity contribution is 6.17. The number of nitrogens with zero attached hydrogens (tertiary/aromatic N) is 2.